The Bertz CT molecular complexity index is 518. The highest BCUT2D eigenvalue weighted by Crippen LogP contribution is 2.45. The molecule has 0 radical (unpaired) electrons. The molecule has 0 bridgehead atoms. The molecule has 0 amide bonds. The van der Waals surface area contributed by atoms with Gasteiger partial charge in [-0.25, -0.2) is 14.4 Å². The lowest BCUT2D eigenvalue weighted by Crippen LogP contribution is -2.18. The van der Waals surface area contributed by atoms with Gasteiger partial charge in [-0.3, -0.25) is 0 Å². The van der Waals surface area contributed by atoms with Crippen molar-refractivity contribution in [3.8, 4) is 0 Å². The van der Waals surface area contributed by atoms with Crippen molar-refractivity contribution in [3.05, 3.63) is 23.7 Å². The van der Waals surface area contributed by atoms with Crippen LogP contribution in [-0.4, -0.2) is 21.2 Å². The fraction of sp³-hybridized carbons (Fsp3) is 0.400. The molecule has 0 aromatic carbocycles. The molecular formula is C10H9ClFN3. The van der Waals surface area contributed by atoms with Crippen LogP contribution in [0.4, 0.5) is 4.39 Å². The SMILES string of the molecule is FCC1(n2ccc3c(Cl)ncnc32)CC1. The number of rotatable bonds is 2. The van der Waals surface area contributed by atoms with Gasteiger partial charge < -0.3 is 4.57 Å². The van der Waals surface area contributed by atoms with Gasteiger partial charge in [0.05, 0.1) is 10.9 Å². The minimum absolute atomic E-state index is 0.349. The second-order valence-corrected chi connectivity index (χ2v) is 4.30. The van der Waals surface area contributed by atoms with Crippen LogP contribution in [0.15, 0.2) is 18.6 Å². The second kappa shape index (κ2) is 2.92. The van der Waals surface area contributed by atoms with Crippen LogP contribution in [0.25, 0.3) is 11.0 Å². The Morgan fingerprint density at radius 3 is 2.93 bits per heavy atom. The first-order valence-corrected chi connectivity index (χ1v) is 5.19. The summed E-state index contributed by atoms with van der Waals surface area (Å²) in [6.07, 6.45) is 5.00. The van der Waals surface area contributed by atoms with Crippen LogP contribution in [0.2, 0.25) is 5.15 Å². The highest BCUT2D eigenvalue weighted by Gasteiger charge is 2.45. The summed E-state index contributed by atoms with van der Waals surface area (Å²) >= 11 is 5.93. The van der Waals surface area contributed by atoms with Crippen LogP contribution in [-0.2, 0) is 5.54 Å². The molecule has 78 valence electrons. The zero-order valence-corrected chi connectivity index (χ0v) is 8.71. The van der Waals surface area contributed by atoms with E-state index in [0.717, 1.165) is 23.9 Å². The van der Waals surface area contributed by atoms with Crippen molar-refractivity contribution < 1.29 is 4.39 Å². The molecular weight excluding hydrogens is 217 g/mol. The Kier molecular flexibility index (Phi) is 1.77. The normalized spacial score (nSPS) is 18.3. The van der Waals surface area contributed by atoms with Crippen LogP contribution < -0.4 is 0 Å². The Morgan fingerprint density at radius 2 is 2.27 bits per heavy atom. The first-order chi connectivity index (χ1) is 7.27. The number of fused-ring (bicyclic) bond motifs is 1. The highest BCUT2D eigenvalue weighted by atomic mass is 35.5. The summed E-state index contributed by atoms with van der Waals surface area (Å²) in [6, 6.07) is 1.84. The summed E-state index contributed by atoms with van der Waals surface area (Å²) in [7, 11) is 0. The summed E-state index contributed by atoms with van der Waals surface area (Å²) in [5.74, 6) is 0. The number of halogens is 2. The van der Waals surface area contributed by atoms with Crippen LogP contribution in [0.3, 0.4) is 0 Å². The fourth-order valence-corrected chi connectivity index (χ4v) is 2.08. The van der Waals surface area contributed by atoms with Gasteiger partial charge >= 0.3 is 0 Å². The van der Waals surface area contributed by atoms with Crippen molar-refractivity contribution in [1.82, 2.24) is 14.5 Å². The zero-order chi connectivity index (χ0) is 10.5. The third-order valence-corrected chi connectivity index (χ3v) is 3.32. The number of aromatic nitrogens is 3. The van der Waals surface area contributed by atoms with Crippen LogP contribution in [0.1, 0.15) is 12.8 Å². The quantitative estimate of drug-likeness (QED) is 0.736. The molecule has 1 fully saturated rings. The third kappa shape index (κ3) is 1.17. The van der Waals surface area contributed by atoms with E-state index in [9.17, 15) is 4.39 Å². The van der Waals surface area contributed by atoms with Gasteiger partial charge in [0.25, 0.3) is 0 Å². The topological polar surface area (TPSA) is 30.7 Å². The predicted molar refractivity (Wildman–Crippen MR) is 55.7 cm³/mol. The zero-order valence-electron chi connectivity index (χ0n) is 7.95. The van der Waals surface area contributed by atoms with E-state index in [1.54, 1.807) is 0 Å². The average Bonchev–Trinajstić information content (AvgIpc) is 2.92. The standard InChI is InChI=1S/C10H9ClFN3/c11-8-7-1-4-15(9(7)14-6-13-8)10(5-12)2-3-10/h1,4,6H,2-3,5H2. The van der Waals surface area contributed by atoms with E-state index in [-0.39, 0.29) is 12.2 Å². The van der Waals surface area contributed by atoms with Crippen molar-refractivity contribution in [2.75, 3.05) is 6.67 Å². The molecule has 5 heteroatoms. The van der Waals surface area contributed by atoms with E-state index in [2.05, 4.69) is 9.97 Å². The summed E-state index contributed by atoms with van der Waals surface area (Å²) in [4.78, 5) is 8.05. The van der Waals surface area contributed by atoms with Gasteiger partial charge in [0.2, 0.25) is 0 Å². The van der Waals surface area contributed by atoms with Gasteiger partial charge in [-0.15, -0.1) is 0 Å². The van der Waals surface area contributed by atoms with Crippen molar-refractivity contribution in [3.63, 3.8) is 0 Å². The molecule has 1 aliphatic carbocycles. The molecule has 0 unspecified atom stereocenters. The van der Waals surface area contributed by atoms with Crippen molar-refractivity contribution in [2.24, 2.45) is 0 Å². The first-order valence-electron chi connectivity index (χ1n) is 4.81. The lowest BCUT2D eigenvalue weighted by molar-refractivity contribution is 0.342. The second-order valence-electron chi connectivity index (χ2n) is 3.95. The van der Waals surface area contributed by atoms with Crippen molar-refractivity contribution in [2.45, 2.75) is 18.4 Å². The Hall–Kier alpha value is -1.16. The molecule has 2 aromatic rings. The Balaban J connectivity index is 2.25. The summed E-state index contributed by atoms with van der Waals surface area (Å²) in [5.41, 5.74) is 0.365. The van der Waals surface area contributed by atoms with E-state index in [4.69, 9.17) is 11.6 Å². The van der Waals surface area contributed by atoms with Crippen LogP contribution >= 0.6 is 11.6 Å². The van der Waals surface area contributed by atoms with Crippen LogP contribution in [0.5, 0.6) is 0 Å². The Morgan fingerprint density at radius 1 is 1.47 bits per heavy atom. The number of hydrogen-bond donors (Lipinski definition) is 0. The molecule has 3 nitrogen and oxygen atoms in total. The molecule has 0 saturated heterocycles. The summed E-state index contributed by atoms with van der Waals surface area (Å²) < 4.78 is 14.8. The van der Waals surface area contributed by atoms with E-state index >= 15 is 0 Å². The van der Waals surface area contributed by atoms with E-state index in [0.29, 0.717) is 5.15 Å². The van der Waals surface area contributed by atoms with Gasteiger partial charge in [0.15, 0.2) is 0 Å². The number of nitrogens with zero attached hydrogens (tertiary/aromatic N) is 3. The summed E-state index contributed by atoms with van der Waals surface area (Å²) in [5, 5.41) is 1.22. The van der Waals surface area contributed by atoms with Gasteiger partial charge in [-0.2, -0.15) is 0 Å². The largest absolute Gasteiger partial charge is 0.324 e. The first kappa shape index (κ1) is 9.09. The fourth-order valence-electron chi connectivity index (χ4n) is 1.89. The van der Waals surface area contributed by atoms with Crippen molar-refractivity contribution in [1.29, 1.82) is 0 Å². The molecule has 2 aromatic heterocycles. The maximum atomic E-state index is 12.9. The molecule has 15 heavy (non-hydrogen) atoms. The molecule has 1 saturated carbocycles. The smallest absolute Gasteiger partial charge is 0.145 e. The monoisotopic (exact) mass is 225 g/mol. The molecule has 0 aliphatic heterocycles. The molecule has 3 rings (SSSR count). The predicted octanol–water partition coefficient (Wildman–Crippen LogP) is 2.54. The molecule has 0 N–H and O–H groups in total. The lowest BCUT2D eigenvalue weighted by Gasteiger charge is -2.13. The third-order valence-electron chi connectivity index (χ3n) is 3.02. The number of alkyl halides is 1. The minimum atomic E-state index is -0.362. The molecule has 2 heterocycles. The van der Waals surface area contributed by atoms with E-state index < -0.39 is 0 Å². The maximum Gasteiger partial charge on any atom is 0.145 e. The summed E-state index contributed by atoms with van der Waals surface area (Å²) in [6.45, 7) is -0.349. The Labute approximate surface area is 90.9 Å². The van der Waals surface area contributed by atoms with E-state index in [1.807, 2.05) is 16.8 Å². The van der Waals surface area contributed by atoms with Gasteiger partial charge in [-0.1, -0.05) is 11.6 Å². The molecule has 1 aliphatic rings. The van der Waals surface area contributed by atoms with Gasteiger partial charge in [-0.05, 0) is 18.9 Å². The van der Waals surface area contributed by atoms with Gasteiger partial charge in [0.1, 0.15) is 23.8 Å². The van der Waals surface area contributed by atoms with E-state index in [1.165, 1.54) is 6.33 Å². The highest BCUT2D eigenvalue weighted by molar-refractivity contribution is 6.33. The molecule has 0 atom stereocenters. The van der Waals surface area contributed by atoms with Gasteiger partial charge in [0, 0.05) is 6.20 Å². The lowest BCUT2D eigenvalue weighted by atomic mass is 10.3. The molecule has 0 spiro atoms. The van der Waals surface area contributed by atoms with Crippen molar-refractivity contribution >= 4 is 22.6 Å². The average molecular weight is 226 g/mol. The number of hydrogen-bond acceptors (Lipinski definition) is 2. The maximum absolute atomic E-state index is 12.9. The van der Waals surface area contributed by atoms with Crippen LogP contribution in [0, 0.1) is 0 Å². The minimum Gasteiger partial charge on any atom is -0.324 e.